The van der Waals surface area contributed by atoms with Crippen LogP contribution in [0.3, 0.4) is 0 Å². The molecule has 2 rings (SSSR count). The Morgan fingerprint density at radius 3 is 2.79 bits per heavy atom. The number of hydrogen-bond acceptors (Lipinski definition) is 3. The largest absolute Gasteiger partial charge is 0.385 e. The van der Waals surface area contributed by atoms with Crippen LogP contribution in [0.15, 0.2) is 24.3 Å². The molecule has 1 aromatic rings. The molecule has 1 fully saturated rings. The Bertz CT molecular complexity index is 425. The van der Waals surface area contributed by atoms with Crippen molar-refractivity contribution in [2.45, 2.75) is 12.8 Å². The lowest BCUT2D eigenvalue weighted by molar-refractivity contribution is 0.0827. The van der Waals surface area contributed by atoms with Crippen molar-refractivity contribution in [2.75, 3.05) is 39.0 Å². The molecule has 104 valence electrons. The number of nitrogens with zero attached hydrogens (tertiary/aromatic N) is 1. The van der Waals surface area contributed by atoms with Crippen molar-refractivity contribution in [3.05, 3.63) is 29.8 Å². The van der Waals surface area contributed by atoms with Gasteiger partial charge in [0.15, 0.2) is 0 Å². The number of hydrogen-bond donors (Lipinski definition) is 2. The SMILES string of the molecule is CN(C)C(=O)c1cccc(NCC2CCNCC2)c1. The number of carbonyl (C=O) groups excluding carboxylic acids is 1. The maximum Gasteiger partial charge on any atom is 0.253 e. The predicted octanol–water partition coefficient (Wildman–Crippen LogP) is 1.80. The van der Waals surface area contributed by atoms with E-state index in [9.17, 15) is 4.79 Å². The van der Waals surface area contributed by atoms with E-state index in [0.29, 0.717) is 0 Å². The highest BCUT2D eigenvalue weighted by Gasteiger charge is 2.13. The Balaban J connectivity index is 1.93. The highest BCUT2D eigenvalue weighted by molar-refractivity contribution is 5.94. The number of anilines is 1. The van der Waals surface area contributed by atoms with Crippen molar-refractivity contribution in [3.63, 3.8) is 0 Å². The minimum Gasteiger partial charge on any atom is -0.385 e. The Kier molecular flexibility index (Phi) is 4.80. The summed E-state index contributed by atoms with van der Waals surface area (Å²) in [5, 5.41) is 6.82. The molecular weight excluding hydrogens is 238 g/mol. The molecule has 0 radical (unpaired) electrons. The molecule has 19 heavy (non-hydrogen) atoms. The van der Waals surface area contributed by atoms with Crippen LogP contribution in [0.1, 0.15) is 23.2 Å². The van der Waals surface area contributed by atoms with Gasteiger partial charge in [-0.2, -0.15) is 0 Å². The molecule has 0 saturated carbocycles. The first kappa shape index (κ1) is 13.9. The van der Waals surface area contributed by atoms with Gasteiger partial charge in [0.05, 0.1) is 0 Å². The topological polar surface area (TPSA) is 44.4 Å². The fourth-order valence-corrected chi connectivity index (χ4v) is 2.37. The van der Waals surface area contributed by atoms with Crippen molar-refractivity contribution in [1.82, 2.24) is 10.2 Å². The average molecular weight is 261 g/mol. The monoisotopic (exact) mass is 261 g/mol. The summed E-state index contributed by atoms with van der Waals surface area (Å²) in [6.07, 6.45) is 2.45. The van der Waals surface area contributed by atoms with Crippen LogP contribution in [0.4, 0.5) is 5.69 Å². The summed E-state index contributed by atoms with van der Waals surface area (Å²) >= 11 is 0. The number of piperidine rings is 1. The van der Waals surface area contributed by atoms with Crippen molar-refractivity contribution in [2.24, 2.45) is 5.92 Å². The summed E-state index contributed by atoms with van der Waals surface area (Å²) in [6.45, 7) is 3.22. The van der Waals surface area contributed by atoms with Gasteiger partial charge in [-0.3, -0.25) is 4.79 Å². The van der Waals surface area contributed by atoms with Crippen LogP contribution < -0.4 is 10.6 Å². The Morgan fingerprint density at radius 1 is 1.37 bits per heavy atom. The van der Waals surface area contributed by atoms with Gasteiger partial charge in [-0.25, -0.2) is 0 Å². The van der Waals surface area contributed by atoms with Crippen molar-refractivity contribution in [3.8, 4) is 0 Å². The van der Waals surface area contributed by atoms with E-state index in [1.54, 1.807) is 19.0 Å². The molecule has 0 aliphatic carbocycles. The molecular formula is C15H23N3O. The molecule has 0 unspecified atom stereocenters. The third-order valence-corrected chi connectivity index (χ3v) is 3.57. The van der Waals surface area contributed by atoms with Crippen LogP contribution in [0.25, 0.3) is 0 Å². The minimum absolute atomic E-state index is 0.0468. The molecule has 0 atom stereocenters. The van der Waals surface area contributed by atoms with Crippen LogP contribution in [0.5, 0.6) is 0 Å². The summed E-state index contributed by atoms with van der Waals surface area (Å²) in [4.78, 5) is 13.5. The van der Waals surface area contributed by atoms with Crippen LogP contribution in [-0.2, 0) is 0 Å². The van der Waals surface area contributed by atoms with Gasteiger partial charge in [0.2, 0.25) is 0 Å². The standard InChI is InChI=1S/C15H23N3O/c1-18(2)15(19)13-4-3-5-14(10-13)17-11-12-6-8-16-9-7-12/h3-5,10,12,16-17H,6-9,11H2,1-2H3. The highest BCUT2D eigenvalue weighted by Crippen LogP contribution is 2.16. The van der Waals surface area contributed by atoms with Crippen molar-refractivity contribution >= 4 is 11.6 Å². The lowest BCUT2D eigenvalue weighted by Gasteiger charge is -2.23. The van der Waals surface area contributed by atoms with Gasteiger partial charge in [0.1, 0.15) is 0 Å². The zero-order valence-corrected chi connectivity index (χ0v) is 11.8. The number of benzene rings is 1. The van der Waals surface area contributed by atoms with Gasteiger partial charge in [0.25, 0.3) is 5.91 Å². The maximum absolute atomic E-state index is 11.9. The van der Waals surface area contributed by atoms with E-state index in [0.717, 1.165) is 36.8 Å². The van der Waals surface area contributed by atoms with E-state index < -0.39 is 0 Å². The molecule has 0 bridgehead atoms. The van der Waals surface area contributed by atoms with Gasteiger partial charge in [-0.15, -0.1) is 0 Å². The summed E-state index contributed by atoms with van der Waals surface area (Å²) < 4.78 is 0. The molecule has 1 aliphatic heterocycles. The van der Waals surface area contributed by atoms with Gasteiger partial charge in [0, 0.05) is 31.9 Å². The average Bonchev–Trinajstić information content (AvgIpc) is 2.45. The summed E-state index contributed by atoms with van der Waals surface area (Å²) in [5.74, 6) is 0.778. The summed E-state index contributed by atoms with van der Waals surface area (Å²) in [7, 11) is 3.55. The summed E-state index contributed by atoms with van der Waals surface area (Å²) in [5.41, 5.74) is 1.77. The minimum atomic E-state index is 0.0468. The first-order valence-corrected chi connectivity index (χ1v) is 6.93. The Hall–Kier alpha value is -1.55. The smallest absolute Gasteiger partial charge is 0.253 e. The highest BCUT2D eigenvalue weighted by atomic mass is 16.2. The number of nitrogens with one attached hydrogen (secondary N) is 2. The summed E-state index contributed by atoms with van der Waals surface area (Å²) in [6, 6.07) is 7.75. The number of amides is 1. The fraction of sp³-hybridized carbons (Fsp3) is 0.533. The lowest BCUT2D eigenvalue weighted by Crippen LogP contribution is -2.31. The molecule has 1 aliphatic rings. The van der Waals surface area contributed by atoms with Gasteiger partial charge < -0.3 is 15.5 Å². The Morgan fingerprint density at radius 2 is 2.11 bits per heavy atom. The number of carbonyl (C=O) groups is 1. The molecule has 1 amide bonds. The van der Waals surface area contributed by atoms with E-state index >= 15 is 0 Å². The van der Waals surface area contributed by atoms with Gasteiger partial charge in [-0.05, 0) is 50.0 Å². The zero-order valence-electron chi connectivity index (χ0n) is 11.8. The maximum atomic E-state index is 11.9. The molecule has 4 heteroatoms. The molecule has 0 aromatic heterocycles. The van der Waals surface area contributed by atoms with Crippen LogP contribution in [0.2, 0.25) is 0 Å². The first-order chi connectivity index (χ1) is 9.16. The predicted molar refractivity (Wildman–Crippen MR) is 78.5 cm³/mol. The van der Waals surface area contributed by atoms with E-state index in [1.807, 2.05) is 24.3 Å². The van der Waals surface area contributed by atoms with Crippen molar-refractivity contribution < 1.29 is 4.79 Å². The molecule has 1 heterocycles. The van der Waals surface area contributed by atoms with Gasteiger partial charge in [-0.1, -0.05) is 6.07 Å². The van der Waals surface area contributed by atoms with E-state index in [2.05, 4.69) is 10.6 Å². The Labute approximate surface area is 115 Å². The molecule has 2 N–H and O–H groups in total. The second-order valence-corrected chi connectivity index (χ2v) is 5.35. The molecule has 4 nitrogen and oxygen atoms in total. The normalized spacial score (nSPS) is 16.1. The van der Waals surface area contributed by atoms with Gasteiger partial charge >= 0.3 is 0 Å². The number of rotatable bonds is 4. The van der Waals surface area contributed by atoms with E-state index in [1.165, 1.54) is 12.8 Å². The van der Waals surface area contributed by atoms with Crippen LogP contribution in [-0.4, -0.2) is 44.5 Å². The first-order valence-electron chi connectivity index (χ1n) is 6.93. The quantitative estimate of drug-likeness (QED) is 0.868. The second kappa shape index (κ2) is 6.57. The van der Waals surface area contributed by atoms with E-state index in [-0.39, 0.29) is 5.91 Å². The van der Waals surface area contributed by atoms with E-state index in [4.69, 9.17) is 0 Å². The van der Waals surface area contributed by atoms with Crippen molar-refractivity contribution in [1.29, 1.82) is 0 Å². The second-order valence-electron chi connectivity index (χ2n) is 5.35. The zero-order chi connectivity index (χ0) is 13.7. The molecule has 0 spiro atoms. The lowest BCUT2D eigenvalue weighted by atomic mass is 9.98. The third-order valence-electron chi connectivity index (χ3n) is 3.57. The van der Waals surface area contributed by atoms with Crippen LogP contribution in [0, 0.1) is 5.92 Å². The fourth-order valence-electron chi connectivity index (χ4n) is 2.37. The molecule has 1 aromatic carbocycles. The molecule has 1 saturated heterocycles. The van der Waals surface area contributed by atoms with Crippen LogP contribution >= 0.6 is 0 Å². The third kappa shape index (κ3) is 3.96.